The minimum atomic E-state index is -0.247. The fourth-order valence-corrected chi connectivity index (χ4v) is 3.65. The van der Waals surface area contributed by atoms with E-state index in [1.807, 2.05) is 18.2 Å². The Kier molecular flexibility index (Phi) is 4.06. The molecule has 0 saturated carbocycles. The van der Waals surface area contributed by atoms with Crippen molar-refractivity contribution >= 4 is 0 Å². The average Bonchev–Trinajstić information content (AvgIpc) is 3.16. The molecule has 0 bridgehead atoms. The summed E-state index contributed by atoms with van der Waals surface area (Å²) in [5.41, 5.74) is 0. The Hall–Kier alpha value is -1.85. The summed E-state index contributed by atoms with van der Waals surface area (Å²) in [6, 6.07) is 10.9. The standard InChI is InChI=1S/C18H21FN2O2/c19-14-3-1-4-16(9-14)23-18-10-15-11-20(6-7-21(15)13-18)12-17-5-2-8-22-17/h1-5,8-9,15,18H,6-7,10-13H2/t15-,18-/m1/s1. The van der Waals surface area contributed by atoms with Crippen LogP contribution in [0.5, 0.6) is 5.75 Å². The molecule has 2 fully saturated rings. The van der Waals surface area contributed by atoms with Gasteiger partial charge in [-0.3, -0.25) is 9.80 Å². The van der Waals surface area contributed by atoms with E-state index in [0.717, 1.165) is 44.9 Å². The van der Waals surface area contributed by atoms with Crippen LogP contribution in [-0.4, -0.2) is 48.1 Å². The maximum absolute atomic E-state index is 13.3. The number of hydrogen-bond donors (Lipinski definition) is 0. The van der Waals surface area contributed by atoms with Gasteiger partial charge in [-0.25, -0.2) is 4.39 Å². The fourth-order valence-electron chi connectivity index (χ4n) is 3.65. The van der Waals surface area contributed by atoms with Crippen LogP contribution in [0.4, 0.5) is 4.39 Å². The van der Waals surface area contributed by atoms with Gasteiger partial charge in [0.1, 0.15) is 23.4 Å². The number of furan rings is 1. The number of rotatable bonds is 4. The van der Waals surface area contributed by atoms with E-state index in [-0.39, 0.29) is 11.9 Å². The van der Waals surface area contributed by atoms with Crippen LogP contribution in [0.15, 0.2) is 47.1 Å². The van der Waals surface area contributed by atoms with Crippen LogP contribution in [0.25, 0.3) is 0 Å². The molecule has 0 radical (unpaired) electrons. The highest BCUT2D eigenvalue weighted by Crippen LogP contribution is 2.26. The van der Waals surface area contributed by atoms with Crippen molar-refractivity contribution in [2.24, 2.45) is 0 Å². The molecule has 0 N–H and O–H groups in total. The minimum absolute atomic E-state index is 0.144. The van der Waals surface area contributed by atoms with Crippen LogP contribution < -0.4 is 4.74 Å². The quantitative estimate of drug-likeness (QED) is 0.867. The number of halogens is 1. The highest BCUT2D eigenvalue weighted by Gasteiger charge is 2.37. The Morgan fingerprint density at radius 2 is 2.13 bits per heavy atom. The highest BCUT2D eigenvalue weighted by molar-refractivity contribution is 5.23. The van der Waals surface area contributed by atoms with E-state index in [2.05, 4.69) is 9.80 Å². The molecule has 2 aromatic rings. The van der Waals surface area contributed by atoms with E-state index in [0.29, 0.717) is 11.8 Å². The zero-order valence-electron chi connectivity index (χ0n) is 13.0. The number of piperazine rings is 1. The monoisotopic (exact) mass is 316 g/mol. The third kappa shape index (κ3) is 3.41. The molecule has 0 amide bonds. The van der Waals surface area contributed by atoms with Gasteiger partial charge in [0.15, 0.2) is 0 Å². The Labute approximate surface area is 135 Å². The van der Waals surface area contributed by atoms with Crippen LogP contribution in [-0.2, 0) is 6.54 Å². The summed E-state index contributed by atoms with van der Waals surface area (Å²) in [6.45, 7) is 4.92. The van der Waals surface area contributed by atoms with Crippen LogP contribution in [0, 0.1) is 5.82 Å². The molecule has 3 heterocycles. The molecular weight excluding hydrogens is 295 g/mol. The highest BCUT2D eigenvalue weighted by atomic mass is 19.1. The SMILES string of the molecule is Fc1cccc(O[C@@H]2C[C@@H]3CN(Cc4ccco4)CCN3C2)c1. The third-order valence-corrected chi connectivity index (χ3v) is 4.72. The van der Waals surface area contributed by atoms with Gasteiger partial charge in [-0.05, 0) is 24.3 Å². The molecule has 0 aliphatic carbocycles. The first kappa shape index (κ1) is 14.7. The number of ether oxygens (including phenoxy) is 1. The largest absolute Gasteiger partial charge is 0.489 e. The second kappa shape index (κ2) is 6.34. The van der Waals surface area contributed by atoms with Crippen molar-refractivity contribution in [3.05, 3.63) is 54.2 Å². The topological polar surface area (TPSA) is 28.9 Å². The number of hydrogen-bond acceptors (Lipinski definition) is 4. The van der Waals surface area contributed by atoms with Gasteiger partial charge in [-0.15, -0.1) is 0 Å². The molecule has 1 aromatic heterocycles. The molecule has 4 nitrogen and oxygen atoms in total. The first-order chi connectivity index (χ1) is 11.3. The molecule has 2 saturated heterocycles. The van der Waals surface area contributed by atoms with E-state index in [1.54, 1.807) is 12.3 Å². The first-order valence-electron chi connectivity index (χ1n) is 8.17. The van der Waals surface area contributed by atoms with E-state index in [9.17, 15) is 4.39 Å². The fraction of sp³-hybridized carbons (Fsp3) is 0.444. The van der Waals surface area contributed by atoms with E-state index < -0.39 is 0 Å². The molecule has 0 unspecified atom stereocenters. The summed E-state index contributed by atoms with van der Waals surface area (Å²) in [5.74, 6) is 1.40. The van der Waals surface area contributed by atoms with Crippen LogP contribution >= 0.6 is 0 Å². The zero-order valence-corrected chi connectivity index (χ0v) is 13.0. The number of benzene rings is 1. The van der Waals surface area contributed by atoms with Crippen molar-refractivity contribution in [1.29, 1.82) is 0 Å². The molecule has 4 rings (SSSR count). The average molecular weight is 316 g/mol. The summed E-state index contributed by atoms with van der Waals surface area (Å²) in [6.07, 6.45) is 2.86. The van der Waals surface area contributed by atoms with Gasteiger partial charge in [-0.2, -0.15) is 0 Å². The number of fused-ring (bicyclic) bond motifs is 1. The Balaban J connectivity index is 1.34. The molecule has 23 heavy (non-hydrogen) atoms. The summed E-state index contributed by atoms with van der Waals surface area (Å²) >= 11 is 0. The van der Waals surface area contributed by atoms with Gasteiger partial charge >= 0.3 is 0 Å². The van der Waals surface area contributed by atoms with Crippen molar-refractivity contribution in [2.75, 3.05) is 26.2 Å². The van der Waals surface area contributed by atoms with Crippen LogP contribution in [0.2, 0.25) is 0 Å². The molecule has 5 heteroatoms. The predicted molar refractivity (Wildman–Crippen MR) is 84.8 cm³/mol. The summed E-state index contributed by atoms with van der Waals surface area (Å²) in [7, 11) is 0. The molecule has 2 atom stereocenters. The first-order valence-corrected chi connectivity index (χ1v) is 8.17. The van der Waals surface area contributed by atoms with Gasteiger partial charge < -0.3 is 9.15 Å². The molecule has 2 aliphatic heterocycles. The lowest BCUT2D eigenvalue weighted by Gasteiger charge is -2.36. The van der Waals surface area contributed by atoms with Gasteiger partial charge in [0, 0.05) is 44.7 Å². The van der Waals surface area contributed by atoms with Crippen LogP contribution in [0.1, 0.15) is 12.2 Å². The van der Waals surface area contributed by atoms with Crippen molar-refractivity contribution in [2.45, 2.75) is 25.1 Å². The minimum Gasteiger partial charge on any atom is -0.489 e. The Morgan fingerprint density at radius 3 is 2.96 bits per heavy atom. The van der Waals surface area contributed by atoms with E-state index in [1.165, 1.54) is 12.1 Å². The lowest BCUT2D eigenvalue weighted by atomic mass is 10.1. The van der Waals surface area contributed by atoms with Gasteiger partial charge in [0.05, 0.1) is 12.8 Å². The molecule has 1 aromatic carbocycles. The lowest BCUT2D eigenvalue weighted by molar-refractivity contribution is 0.0927. The second-order valence-corrected chi connectivity index (χ2v) is 6.40. The van der Waals surface area contributed by atoms with Crippen molar-refractivity contribution in [3.63, 3.8) is 0 Å². The van der Waals surface area contributed by atoms with Crippen molar-refractivity contribution in [3.8, 4) is 5.75 Å². The maximum atomic E-state index is 13.3. The van der Waals surface area contributed by atoms with Gasteiger partial charge in [-0.1, -0.05) is 6.07 Å². The van der Waals surface area contributed by atoms with Crippen molar-refractivity contribution < 1.29 is 13.5 Å². The van der Waals surface area contributed by atoms with Crippen LogP contribution in [0.3, 0.4) is 0 Å². The molecule has 122 valence electrons. The summed E-state index contributed by atoms with van der Waals surface area (Å²) in [4.78, 5) is 4.92. The maximum Gasteiger partial charge on any atom is 0.126 e. The third-order valence-electron chi connectivity index (χ3n) is 4.72. The predicted octanol–water partition coefficient (Wildman–Crippen LogP) is 2.76. The molecular formula is C18H21FN2O2. The Bertz CT molecular complexity index is 646. The van der Waals surface area contributed by atoms with E-state index in [4.69, 9.17) is 9.15 Å². The van der Waals surface area contributed by atoms with Crippen molar-refractivity contribution in [1.82, 2.24) is 9.80 Å². The second-order valence-electron chi connectivity index (χ2n) is 6.40. The molecule has 2 aliphatic rings. The smallest absolute Gasteiger partial charge is 0.126 e. The number of nitrogens with zero attached hydrogens (tertiary/aromatic N) is 2. The Morgan fingerprint density at radius 1 is 1.17 bits per heavy atom. The molecule has 0 spiro atoms. The van der Waals surface area contributed by atoms with E-state index >= 15 is 0 Å². The lowest BCUT2D eigenvalue weighted by Crippen LogP contribution is -2.49. The normalized spacial score (nSPS) is 25.4. The summed E-state index contributed by atoms with van der Waals surface area (Å²) in [5, 5.41) is 0. The van der Waals surface area contributed by atoms with Gasteiger partial charge in [0.25, 0.3) is 0 Å². The zero-order chi connectivity index (χ0) is 15.6. The summed E-state index contributed by atoms with van der Waals surface area (Å²) < 4.78 is 24.7. The van der Waals surface area contributed by atoms with Gasteiger partial charge in [0.2, 0.25) is 0 Å².